The van der Waals surface area contributed by atoms with E-state index in [0.29, 0.717) is 0 Å². The van der Waals surface area contributed by atoms with Gasteiger partial charge in [-0.15, -0.1) is 0 Å². The predicted molar refractivity (Wildman–Crippen MR) is 34.3 cm³/mol. The molecule has 0 aromatic carbocycles. The molecule has 0 saturated heterocycles. The summed E-state index contributed by atoms with van der Waals surface area (Å²) in [7, 11) is 0. The van der Waals surface area contributed by atoms with Gasteiger partial charge in [0.05, 0.1) is 0 Å². The van der Waals surface area contributed by atoms with E-state index in [2.05, 4.69) is 10.2 Å². The second kappa shape index (κ2) is 2.06. The lowest BCUT2D eigenvalue weighted by molar-refractivity contribution is 0.999. The molecule has 0 aliphatic carbocycles. The highest BCUT2D eigenvalue weighted by Crippen LogP contribution is 2.00. The van der Waals surface area contributed by atoms with Crippen molar-refractivity contribution in [3.63, 3.8) is 0 Å². The molecular formula is C4H4ClN3O. The molecular weight excluding hydrogens is 142 g/mol. The fourth-order valence-electron chi connectivity index (χ4n) is 0.396. The molecule has 1 aromatic heterocycles. The van der Waals surface area contributed by atoms with Crippen LogP contribution in [0.25, 0.3) is 0 Å². The predicted octanol–water partition coefficient (Wildman–Crippen LogP) is 0.00550. The van der Waals surface area contributed by atoms with Crippen LogP contribution < -0.4 is 11.3 Å². The fraction of sp³-hybridized carbons (Fsp3) is 0. The average molecular weight is 146 g/mol. The minimum absolute atomic E-state index is 0.0579. The highest BCUT2D eigenvalue weighted by molar-refractivity contribution is 6.30. The third-order valence-corrected chi connectivity index (χ3v) is 1.06. The zero-order valence-corrected chi connectivity index (χ0v) is 5.14. The second-order valence-corrected chi connectivity index (χ2v) is 1.88. The molecule has 0 atom stereocenters. The van der Waals surface area contributed by atoms with Crippen LogP contribution >= 0.6 is 11.6 Å². The lowest BCUT2D eigenvalue weighted by Crippen LogP contribution is -2.09. The van der Waals surface area contributed by atoms with Crippen molar-refractivity contribution in [3.05, 3.63) is 21.4 Å². The van der Waals surface area contributed by atoms with Crippen molar-refractivity contribution >= 4 is 17.4 Å². The van der Waals surface area contributed by atoms with E-state index in [1.807, 2.05) is 0 Å². The van der Waals surface area contributed by atoms with Crippen molar-refractivity contribution in [1.29, 1.82) is 0 Å². The van der Waals surface area contributed by atoms with Crippen LogP contribution in [0, 0.1) is 0 Å². The number of nitrogens with two attached hydrogens (primary N) is 1. The van der Waals surface area contributed by atoms with Gasteiger partial charge in [0.15, 0.2) is 0 Å². The van der Waals surface area contributed by atoms with Crippen molar-refractivity contribution < 1.29 is 0 Å². The van der Waals surface area contributed by atoms with E-state index in [1.165, 1.54) is 6.07 Å². The van der Waals surface area contributed by atoms with Crippen LogP contribution in [0.3, 0.4) is 0 Å². The molecule has 1 rings (SSSR count). The number of aromatic nitrogens is 2. The molecule has 0 aliphatic heterocycles. The van der Waals surface area contributed by atoms with E-state index in [1.54, 1.807) is 0 Å². The van der Waals surface area contributed by atoms with Gasteiger partial charge in [-0.2, -0.15) is 5.10 Å². The van der Waals surface area contributed by atoms with Crippen LogP contribution in [0.15, 0.2) is 10.9 Å². The van der Waals surface area contributed by atoms with Gasteiger partial charge in [-0.25, -0.2) is 5.10 Å². The molecule has 0 saturated carbocycles. The van der Waals surface area contributed by atoms with E-state index in [0.717, 1.165) is 0 Å². The number of nitrogens with one attached hydrogen (secondary N) is 1. The maximum absolute atomic E-state index is 10.5. The van der Waals surface area contributed by atoms with Crippen LogP contribution in [0.1, 0.15) is 0 Å². The summed E-state index contributed by atoms with van der Waals surface area (Å²) in [6.07, 6.45) is 0. The van der Waals surface area contributed by atoms with Gasteiger partial charge in [-0.1, -0.05) is 11.6 Å². The lowest BCUT2D eigenvalue weighted by Gasteiger charge is -1.88. The first-order valence-electron chi connectivity index (χ1n) is 2.21. The van der Waals surface area contributed by atoms with Crippen molar-refractivity contribution in [2.75, 3.05) is 5.73 Å². The quantitative estimate of drug-likeness (QED) is 0.540. The van der Waals surface area contributed by atoms with Gasteiger partial charge >= 0.3 is 0 Å². The van der Waals surface area contributed by atoms with E-state index >= 15 is 0 Å². The summed E-state index contributed by atoms with van der Waals surface area (Å²) in [5.41, 5.74) is 4.74. The number of hydrogen-bond donors (Lipinski definition) is 2. The first-order chi connectivity index (χ1) is 4.20. The number of hydrogen-bond acceptors (Lipinski definition) is 3. The van der Waals surface area contributed by atoms with Crippen molar-refractivity contribution in [2.24, 2.45) is 0 Å². The molecule has 3 N–H and O–H groups in total. The molecule has 4 nitrogen and oxygen atoms in total. The van der Waals surface area contributed by atoms with Crippen LogP contribution in [0.4, 0.5) is 5.82 Å². The molecule has 5 heteroatoms. The molecule has 0 aliphatic rings. The maximum Gasteiger partial charge on any atom is 0.283 e. The monoisotopic (exact) mass is 145 g/mol. The van der Waals surface area contributed by atoms with E-state index < -0.39 is 5.56 Å². The molecule has 1 aromatic rings. The Morgan fingerprint density at radius 3 is 2.89 bits per heavy atom. The molecule has 0 radical (unpaired) electrons. The summed E-state index contributed by atoms with van der Waals surface area (Å²) in [6, 6.07) is 1.29. The molecule has 0 spiro atoms. The topological polar surface area (TPSA) is 71.8 Å². The highest BCUT2D eigenvalue weighted by Gasteiger charge is 1.93. The van der Waals surface area contributed by atoms with Crippen molar-refractivity contribution in [2.45, 2.75) is 0 Å². The number of nitrogens with zero attached hydrogens (tertiary/aromatic N) is 1. The van der Waals surface area contributed by atoms with Crippen LogP contribution in [0.2, 0.25) is 5.02 Å². The van der Waals surface area contributed by atoms with Crippen molar-refractivity contribution in [3.8, 4) is 0 Å². The average Bonchev–Trinajstić information content (AvgIpc) is 1.80. The number of H-pyrrole nitrogens is 1. The molecule has 0 fully saturated rings. The second-order valence-electron chi connectivity index (χ2n) is 1.47. The number of aromatic amines is 1. The number of nitrogen functional groups attached to an aromatic ring is 1. The van der Waals surface area contributed by atoms with Gasteiger partial charge in [0.2, 0.25) is 0 Å². The molecule has 9 heavy (non-hydrogen) atoms. The fourth-order valence-corrected chi connectivity index (χ4v) is 0.550. The smallest absolute Gasteiger partial charge is 0.283 e. The van der Waals surface area contributed by atoms with Crippen LogP contribution in [0.5, 0.6) is 0 Å². The summed E-state index contributed by atoms with van der Waals surface area (Å²) < 4.78 is 0. The Balaban J connectivity index is 3.34. The summed E-state index contributed by atoms with van der Waals surface area (Å²) in [5.74, 6) is 0.208. The number of anilines is 1. The van der Waals surface area contributed by atoms with E-state index in [4.69, 9.17) is 17.3 Å². The highest BCUT2D eigenvalue weighted by atomic mass is 35.5. The van der Waals surface area contributed by atoms with Crippen LogP contribution in [-0.4, -0.2) is 10.2 Å². The van der Waals surface area contributed by atoms with Gasteiger partial charge < -0.3 is 5.73 Å². The Hall–Kier alpha value is -1.03. The van der Waals surface area contributed by atoms with Gasteiger partial charge in [-0.3, -0.25) is 4.79 Å². The zero-order valence-electron chi connectivity index (χ0n) is 4.39. The summed E-state index contributed by atoms with van der Waals surface area (Å²) in [5, 5.41) is 5.56. The van der Waals surface area contributed by atoms with E-state index in [9.17, 15) is 4.79 Å². The van der Waals surface area contributed by atoms with Gasteiger partial charge in [0, 0.05) is 6.07 Å². The van der Waals surface area contributed by atoms with Crippen molar-refractivity contribution in [1.82, 2.24) is 10.2 Å². The Labute approximate surface area is 55.6 Å². The third-order valence-electron chi connectivity index (χ3n) is 0.778. The first-order valence-corrected chi connectivity index (χ1v) is 2.58. The van der Waals surface area contributed by atoms with E-state index in [-0.39, 0.29) is 10.8 Å². The Morgan fingerprint density at radius 1 is 1.78 bits per heavy atom. The minimum Gasteiger partial charge on any atom is -0.382 e. The molecule has 48 valence electrons. The van der Waals surface area contributed by atoms with Crippen LogP contribution in [-0.2, 0) is 0 Å². The standard InChI is InChI=1S/C4H4ClN3O/c5-2-1-3(6)7-8-4(2)9/h1H,(H2,6,7)(H,8,9). The number of rotatable bonds is 0. The zero-order chi connectivity index (χ0) is 6.85. The van der Waals surface area contributed by atoms with Gasteiger partial charge in [0.1, 0.15) is 10.8 Å². The summed E-state index contributed by atoms with van der Waals surface area (Å²) >= 11 is 5.35. The summed E-state index contributed by atoms with van der Waals surface area (Å²) in [6.45, 7) is 0. The number of halogens is 1. The molecule has 0 bridgehead atoms. The third kappa shape index (κ3) is 1.20. The molecule has 0 unspecified atom stereocenters. The van der Waals surface area contributed by atoms with Gasteiger partial charge in [-0.05, 0) is 0 Å². The Kier molecular flexibility index (Phi) is 1.40. The first kappa shape index (κ1) is 6.10. The molecule has 1 heterocycles. The Bertz CT molecular complexity index is 269. The maximum atomic E-state index is 10.5. The normalized spacial score (nSPS) is 9.44. The Morgan fingerprint density at radius 2 is 2.44 bits per heavy atom. The minimum atomic E-state index is -0.425. The lowest BCUT2D eigenvalue weighted by atomic mass is 10.5. The SMILES string of the molecule is Nc1cc(Cl)c(=O)[nH]n1. The largest absolute Gasteiger partial charge is 0.382 e. The summed E-state index contributed by atoms with van der Waals surface area (Å²) in [4.78, 5) is 10.5. The molecule has 0 amide bonds. The van der Waals surface area contributed by atoms with Gasteiger partial charge in [0.25, 0.3) is 5.56 Å².